The van der Waals surface area contributed by atoms with Crippen molar-refractivity contribution in [1.29, 1.82) is 0 Å². The highest BCUT2D eigenvalue weighted by Gasteiger charge is 2.35. The number of nitrogens with one attached hydrogen (secondary N) is 1. The van der Waals surface area contributed by atoms with E-state index in [2.05, 4.69) is 5.32 Å². The van der Waals surface area contributed by atoms with Crippen LogP contribution in [-0.2, 0) is 30.3 Å². The molecule has 0 amide bonds. The maximum atomic E-state index is 12.2. The van der Waals surface area contributed by atoms with E-state index in [1.807, 2.05) is 36.3 Å². The van der Waals surface area contributed by atoms with Crippen molar-refractivity contribution in [3.05, 3.63) is 65.4 Å². The average Bonchev–Trinajstić information content (AvgIpc) is 3.27. The number of hydrogen-bond acceptors (Lipinski definition) is 6. The van der Waals surface area contributed by atoms with Crippen molar-refractivity contribution >= 4 is 29.2 Å². The Morgan fingerprint density at radius 3 is 3.04 bits per heavy atom. The third kappa shape index (κ3) is 3.59. The van der Waals surface area contributed by atoms with Crippen molar-refractivity contribution in [3.63, 3.8) is 0 Å². The maximum Gasteiger partial charge on any atom is 0.326 e. The third-order valence-corrected chi connectivity index (χ3v) is 4.80. The lowest BCUT2D eigenvalue weighted by Gasteiger charge is -2.14. The Balaban J connectivity index is 1.40. The van der Waals surface area contributed by atoms with Gasteiger partial charge in [0.05, 0.1) is 12.1 Å². The summed E-state index contributed by atoms with van der Waals surface area (Å²) in [4.78, 5) is 34.3. The van der Waals surface area contributed by atoms with Crippen LogP contribution in [0.1, 0.15) is 12.0 Å². The molecule has 0 spiro atoms. The van der Waals surface area contributed by atoms with Crippen molar-refractivity contribution in [2.45, 2.75) is 25.3 Å². The molecule has 0 bridgehead atoms. The molecule has 1 aromatic heterocycles. The summed E-state index contributed by atoms with van der Waals surface area (Å²) in [6, 6.07) is 6.95. The first-order chi connectivity index (χ1) is 13.7. The minimum Gasteiger partial charge on any atom is -0.420 e. The molecule has 1 N–H and O–H groups in total. The number of benzene rings is 1. The molecule has 142 valence electrons. The number of ether oxygens (including phenoxy) is 2. The van der Waals surface area contributed by atoms with Crippen LogP contribution in [0.2, 0.25) is 0 Å². The van der Waals surface area contributed by atoms with Crippen molar-refractivity contribution in [1.82, 2.24) is 9.88 Å². The molecule has 1 fully saturated rings. The van der Waals surface area contributed by atoms with Crippen LogP contribution in [0.25, 0.3) is 10.9 Å². The summed E-state index contributed by atoms with van der Waals surface area (Å²) in [6.07, 6.45) is 7.80. The Morgan fingerprint density at radius 1 is 1.36 bits per heavy atom. The standard InChI is InChI=1S/C21H18N2O5/c24-11-14-4-3-5-15(8-14)12-27-21-22-18(20(26)28-21)9-16-10-23(13-25)19-7-2-1-6-17(16)19/h1-7,10,13,18,21-22H,8-9,12H2/t18?,21-/m0/s1. The lowest BCUT2D eigenvalue weighted by Crippen LogP contribution is -2.35. The van der Waals surface area contributed by atoms with Crippen LogP contribution >= 0.6 is 0 Å². The minimum absolute atomic E-state index is 0.234. The highest BCUT2D eigenvalue weighted by molar-refractivity contribution is 5.89. The first kappa shape index (κ1) is 18.1. The second-order valence-electron chi connectivity index (χ2n) is 6.68. The van der Waals surface area contributed by atoms with E-state index in [9.17, 15) is 14.4 Å². The van der Waals surface area contributed by atoms with Crippen LogP contribution < -0.4 is 5.32 Å². The summed E-state index contributed by atoms with van der Waals surface area (Å²) in [6.45, 7) is 0.234. The number of carbonyl (C=O) groups is 2. The third-order valence-electron chi connectivity index (χ3n) is 4.80. The Kier molecular flexibility index (Phi) is 5.04. The quantitative estimate of drug-likeness (QED) is 0.468. The first-order valence-electron chi connectivity index (χ1n) is 8.90. The van der Waals surface area contributed by atoms with Crippen LogP contribution in [0, 0.1) is 0 Å². The zero-order chi connectivity index (χ0) is 19.5. The van der Waals surface area contributed by atoms with Crippen molar-refractivity contribution in [2.24, 2.45) is 0 Å². The Hall–Kier alpha value is -3.25. The van der Waals surface area contributed by atoms with Gasteiger partial charge in [-0.15, -0.1) is 0 Å². The smallest absolute Gasteiger partial charge is 0.326 e. The molecular formula is C21H18N2O5. The molecule has 1 saturated heterocycles. The number of para-hydroxylation sites is 1. The molecule has 4 rings (SSSR count). The summed E-state index contributed by atoms with van der Waals surface area (Å²) in [5.41, 5.74) is 3.12. The molecular weight excluding hydrogens is 360 g/mol. The second kappa shape index (κ2) is 7.78. The van der Waals surface area contributed by atoms with Crippen LogP contribution in [0.3, 0.4) is 0 Å². The zero-order valence-electron chi connectivity index (χ0n) is 15.0. The van der Waals surface area contributed by atoms with Gasteiger partial charge in [0.15, 0.2) is 0 Å². The van der Waals surface area contributed by atoms with Gasteiger partial charge >= 0.3 is 5.97 Å². The van der Waals surface area contributed by atoms with Gasteiger partial charge in [0.25, 0.3) is 6.41 Å². The van der Waals surface area contributed by atoms with Crippen LogP contribution in [-0.4, -0.2) is 42.0 Å². The monoisotopic (exact) mass is 378 g/mol. The molecule has 2 heterocycles. The van der Waals surface area contributed by atoms with E-state index >= 15 is 0 Å². The molecule has 1 aliphatic heterocycles. The number of hydrogen-bond donors (Lipinski definition) is 1. The fraction of sp³-hybridized carbons (Fsp3) is 0.238. The Bertz CT molecular complexity index is 1040. The summed E-state index contributed by atoms with van der Waals surface area (Å²) in [7, 11) is 0. The highest BCUT2D eigenvalue weighted by Crippen LogP contribution is 2.23. The number of aromatic nitrogens is 1. The number of rotatable bonds is 6. The van der Waals surface area contributed by atoms with Gasteiger partial charge in [0.1, 0.15) is 12.0 Å². The van der Waals surface area contributed by atoms with E-state index in [1.165, 1.54) is 4.57 Å². The second-order valence-corrected chi connectivity index (χ2v) is 6.68. The lowest BCUT2D eigenvalue weighted by molar-refractivity contribution is -0.163. The van der Waals surface area contributed by atoms with Gasteiger partial charge < -0.3 is 9.47 Å². The van der Waals surface area contributed by atoms with Gasteiger partial charge in [-0.1, -0.05) is 30.4 Å². The van der Waals surface area contributed by atoms with E-state index in [0.717, 1.165) is 28.4 Å². The molecule has 28 heavy (non-hydrogen) atoms. The van der Waals surface area contributed by atoms with Crippen molar-refractivity contribution < 1.29 is 23.9 Å². The molecule has 1 aliphatic carbocycles. The number of carbonyl (C=O) groups excluding carboxylic acids is 3. The van der Waals surface area contributed by atoms with E-state index in [-0.39, 0.29) is 6.61 Å². The zero-order valence-corrected chi connectivity index (χ0v) is 15.0. The predicted octanol–water partition coefficient (Wildman–Crippen LogP) is 1.68. The molecule has 0 radical (unpaired) electrons. The van der Waals surface area contributed by atoms with E-state index in [1.54, 1.807) is 18.3 Å². The van der Waals surface area contributed by atoms with Gasteiger partial charge in [0.2, 0.25) is 6.41 Å². The van der Waals surface area contributed by atoms with Crippen LogP contribution in [0.4, 0.5) is 0 Å². The predicted molar refractivity (Wildman–Crippen MR) is 102 cm³/mol. The van der Waals surface area contributed by atoms with Gasteiger partial charge in [0, 0.05) is 30.0 Å². The largest absolute Gasteiger partial charge is 0.420 e. The molecule has 2 aliphatic rings. The normalized spacial score (nSPS) is 21.5. The van der Waals surface area contributed by atoms with Gasteiger partial charge in [-0.05, 0) is 23.3 Å². The number of cyclic esters (lactones) is 1. The average molecular weight is 378 g/mol. The van der Waals surface area contributed by atoms with Gasteiger partial charge in [-0.25, -0.2) is 10.1 Å². The molecule has 1 aromatic carbocycles. The molecule has 0 saturated carbocycles. The lowest BCUT2D eigenvalue weighted by atomic mass is 10.0. The Labute approximate surface area is 160 Å². The van der Waals surface area contributed by atoms with Crippen LogP contribution in [0.5, 0.6) is 0 Å². The molecule has 7 heteroatoms. The summed E-state index contributed by atoms with van der Waals surface area (Å²) < 4.78 is 12.4. The maximum absolute atomic E-state index is 12.2. The van der Waals surface area contributed by atoms with Gasteiger partial charge in [-0.2, -0.15) is 0 Å². The molecule has 2 atom stereocenters. The number of fused-ring (bicyclic) bond motifs is 1. The fourth-order valence-electron chi connectivity index (χ4n) is 3.44. The van der Waals surface area contributed by atoms with Gasteiger partial charge in [-0.3, -0.25) is 14.2 Å². The summed E-state index contributed by atoms with van der Waals surface area (Å²) in [5, 5.41) is 3.94. The molecule has 2 aromatic rings. The van der Waals surface area contributed by atoms with Crippen LogP contribution in [0.15, 0.2) is 59.8 Å². The van der Waals surface area contributed by atoms with Crippen molar-refractivity contribution in [2.75, 3.05) is 6.61 Å². The Morgan fingerprint density at radius 2 is 2.21 bits per heavy atom. The number of nitrogens with zero attached hydrogens (tertiary/aromatic N) is 1. The van der Waals surface area contributed by atoms with E-state index in [4.69, 9.17) is 9.47 Å². The number of allylic oxidation sites excluding steroid dienone is 4. The first-order valence-corrected chi connectivity index (χ1v) is 8.90. The fourth-order valence-corrected chi connectivity index (χ4v) is 3.44. The highest BCUT2D eigenvalue weighted by atomic mass is 16.7. The SMILES string of the molecule is O=C=C1C=CC=C(CO[C@@H]2NC(Cc3cn(C=O)c4ccccc34)C(=O)O2)C1. The van der Waals surface area contributed by atoms with E-state index < -0.39 is 18.4 Å². The summed E-state index contributed by atoms with van der Waals surface area (Å²) >= 11 is 0. The topological polar surface area (TPSA) is 86.6 Å². The van der Waals surface area contributed by atoms with E-state index in [0.29, 0.717) is 18.4 Å². The number of esters is 1. The minimum atomic E-state index is -0.854. The van der Waals surface area contributed by atoms with Crippen molar-refractivity contribution in [3.8, 4) is 0 Å². The molecule has 1 unspecified atom stereocenters. The molecule has 7 nitrogen and oxygen atoms in total. The summed E-state index contributed by atoms with van der Waals surface area (Å²) in [5.74, 6) is 1.48.